The van der Waals surface area contributed by atoms with Gasteiger partial charge in [-0.3, -0.25) is 4.98 Å². The van der Waals surface area contributed by atoms with Crippen LogP contribution in [-0.4, -0.2) is 29.4 Å². The highest BCUT2D eigenvalue weighted by Gasteiger charge is 2.13. The monoisotopic (exact) mass is 316 g/mol. The average molecular weight is 317 g/mol. The van der Waals surface area contributed by atoms with Crippen molar-refractivity contribution in [2.75, 3.05) is 12.0 Å². The van der Waals surface area contributed by atoms with Gasteiger partial charge in [-0.15, -0.1) is 0 Å². The topological polar surface area (TPSA) is 90.9 Å². The number of rotatable bonds is 2. The van der Waals surface area contributed by atoms with Crippen molar-refractivity contribution in [2.45, 2.75) is 4.90 Å². The summed E-state index contributed by atoms with van der Waals surface area (Å²) in [5.41, 5.74) is 6.74. The van der Waals surface area contributed by atoms with E-state index in [4.69, 9.17) is 5.73 Å². The van der Waals surface area contributed by atoms with E-state index in [1.54, 1.807) is 6.20 Å². The van der Waals surface area contributed by atoms with Gasteiger partial charge in [-0.25, -0.2) is 13.1 Å². The Morgan fingerprint density at radius 2 is 2.06 bits per heavy atom. The predicted molar refractivity (Wildman–Crippen MR) is 66.6 cm³/mol. The molecule has 2 aromatic rings. The van der Waals surface area contributed by atoms with Crippen LogP contribution in [0.4, 0.5) is 5.69 Å². The first-order chi connectivity index (χ1) is 7.89. The number of pyridine rings is 1. The summed E-state index contributed by atoms with van der Waals surface area (Å²) in [6.07, 6.45) is 6.85. The van der Waals surface area contributed by atoms with Crippen LogP contribution in [0.1, 0.15) is 0 Å². The average Bonchev–Trinajstić information content (AvgIpc) is 2.65. The molecule has 0 bridgehead atoms. The molecule has 17 heavy (non-hydrogen) atoms. The molecule has 0 aromatic carbocycles. The quantitative estimate of drug-likeness (QED) is 0.893. The lowest BCUT2D eigenvalue weighted by Gasteiger charge is -2.06. The van der Waals surface area contributed by atoms with Crippen molar-refractivity contribution in [1.29, 1.82) is 0 Å². The minimum absolute atomic E-state index is 0.139. The molecule has 8 heteroatoms. The van der Waals surface area contributed by atoms with E-state index in [1.807, 2.05) is 0 Å². The molecule has 0 saturated heterocycles. The van der Waals surface area contributed by atoms with Crippen molar-refractivity contribution in [3.63, 3.8) is 0 Å². The van der Waals surface area contributed by atoms with E-state index in [9.17, 15) is 8.42 Å². The Morgan fingerprint density at radius 1 is 1.35 bits per heavy atom. The van der Waals surface area contributed by atoms with Crippen molar-refractivity contribution in [1.82, 2.24) is 14.8 Å². The first kappa shape index (κ1) is 12.1. The molecule has 0 saturated carbocycles. The van der Waals surface area contributed by atoms with Crippen molar-refractivity contribution >= 4 is 31.5 Å². The van der Waals surface area contributed by atoms with E-state index in [-0.39, 0.29) is 4.90 Å². The highest BCUT2D eigenvalue weighted by Crippen LogP contribution is 2.25. The second kappa shape index (κ2) is 4.11. The second-order valence-electron chi connectivity index (χ2n) is 3.45. The molecule has 0 aliphatic carbocycles. The number of hydrogen-bond acceptors (Lipinski definition) is 5. The van der Waals surface area contributed by atoms with Gasteiger partial charge in [-0.1, -0.05) is 0 Å². The number of hydrogen-bond donors (Lipinski definition) is 1. The van der Waals surface area contributed by atoms with Crippen LogP contribution >= 0.6 is 15.9 Å². The summed E-state index contributed by atoms with van der Waals surface area (Å²) in [5, 5.41) is 3.97. The molecule has 2 heterocycles. The summed E-state index contributed by atoms with van der Waals surface area (Å²) in [6.45, 7) is 0. The molecule has 0 aliphatic heterocycles. The molecule has 0 unspecified atom stereocenters. The molecule has 0 spiro atoms. The molecule has 0 atom stereocenters. The molecule has 6 nitrogen and oxygen atoms in total. The number of aromatic nitrogens is 3. The van der Waals surface area contributed by atoms with Crippen LogP contribution in [0.5, 0.6) is 0 Å². The predicted octanol–water partition coefficient (Wildman–Crippen LogP) is 1.02. The van der Waals surface area contributed by atoms with E-state index in [1.165, 1.54) is 23.3 Å². The molecule has 2 rings (SSSR count). The van der Waals surface area contributed by atoms with Crippen LogP contribution in [0.3, 0.4) is 0 Å². The van der Waals surface area contributed by atoms with E-state index in [2.05, 4.69) is 26.0 Å². The smallest absolute Gasteiger partial charge is 0.178 e. The molecule has 0 fully saturated rings. The van der Waals surface area contributed by atoms with Gasteiger partial charge in [0.05, 0.1) is 22.6 Å². The van der Waals surface area contributed by atoms with Gasteiger partial charge >= 0.3 is 0 Å². The lowest BCUT2D eigenvalue weighted by atomic mass is 10.3. The van der Waals surface area contributed by atoms with Crippen LogP contribution in [0, 0.1) is 0 Å². The third kappa shape index (κ3) is 2.32. The fourth-order valence-corrected chi connectivity index (χ4v) is 2.36. The normalized spacial score (nSPS) is 11.6. The third-order valence-electron chi connectivity index (χ3n) is 2.12. The maximum atomic E-state index is 11.3. The minimum Gasteiger partial charge on any atom is -0.396 e. The summed E-state index contributed by atoms with van der Waals surface area (Å²) in [5.74, 6) is 0. The highest BCUT2D eigenvalue weighted by atomic mass is 79.9. The molecule has 90 valence electrons. The summed E-state index contributed by atoms with van der Waals surface area (Å²) in [7, 11) is -3.27. The Balaban J connectivity index is 2.59. The molecule has 2 N–H and O–H groups in total. The highest BCUT2D eigenvalue weighted by molar-refractivity contribution is 9.10. The van der Waals surface area contributed by atoms with Gasteiger partial charge in [0.25, 0.3) is 0 Å². The number of halogens is 1. The Kier molecular flexibility index (Phi) is 2.92. The summed E-state index contributed by atoms with van der Waals surface area (Å²) in [4.78, 5) is 4.03. The summed E-state index contributed by atoms with van der Waals surface area (Å²) >= 11 is 3.29. The number of nitrogens with two attached hydrogens (primary N) is 1. The number of nitrogens with zero attached hydrogens (tertiary/aromatic N) is 3. The van der Waals surface area contributed by atoms with Gasteiger partial charge in [0, 0.05) is 18.6 Å². The lowest BCUT2D eigenvalue weighted by Crippen LogP contribution is -2.02. The SMILES string of the molecule is CS(=O)(=O)c1cnn(-c2c(N)cncc2Br)c1. The fourth-order valence-electron chi connectivity index (χ4n) is 1.30. The van der Waals surface area contributed by atoms with Gasteiger partial charge in [-0.05, 0) is 15.9 Å². The second-order valence-corrected chi connectivity index (χ2v) is 6.32. The van der Waals surface area contributed by atoms with Crippen LogP contribution in [0.15, 0.2) is 34.2 Å². The first-order valence-corrected chi connectivity index (χ1v) is 7.22. The van der Waals surface area contributed by atoms with Crippen LogP contribution < -0.4 is 5.73 Å². The molecular weight excluding hydrogens is 308 g/mol. The number of sulfone groups is 1. The third-order valence-corrected chi connectivity index (χ3v) is 3.76. The minimum atomic E-state index is -3.27. The number of anilines is 1. The largest absolute Gasteiger partial charge is 0.396 e. The van der Waals surface area contributed by atoms with Gasteiger partial charge in [0.1, 0.15) is 10.6 Å². The van der Waals surface area contributed by atoms with Crippen molar-refractivity contribution in [2.24, 2.45) is 0 Å². The van der Waals surface area contributed by atoms with E-state index in [0.29, 0.717) is 15.8 Å². The zero-order valence-corrected chi connectivity index (χ0v) is 11.2. The van der Waals surface area contributed by atoms with E-state index < -0.39 is 9.84 Å². The Bertz CT molecular complexity index is 645. The standard InChI is InChI=1S/C9H9BrN4O2S/c1-17(15,16)6-2-13-14(5-6)9-7(10)3-12-4-8(9)11/h2-5H,11H2,1H3. The van der Waals surface area contributed by atoms with Crippen molar-refractivity contribution in [3.05, 3.63) is 29.3 Å². The van der Waals surface area contributed by atoms with Crippen LogP contribution in [0.2, 0.25) is 0 Å². The molecule has 0 radical (unpaired) electrons. The van der Waals surface area contributed by atoms with Crippen molar-refractivity contribution < 1.29 is 8.42 Å². The molecule has 2 aromatic heterocycles. The Hall–Kier alpha value is -1.41. The maximum absolute atomic E-state index is 11.3. The molecule has 0 amide bonds. The summed E-state index contributed by atoms with van der Waals surface area (Å²) in [6, 6.07) is 0. The zero-order chi connectivity index (χ0) is 12.6. The number of nitrogen functional groups attached to an aromatic ring is 1. The first-order valence-electron chi connectivity index (χ1n) is 4.53. The van der Waals surface area contributed by atoms with Crippen LogP contribution in [-0.2, 0) is 9.84 Å². The fraction of sp³-hybridized carbons (Fsp3) is 0.111. The van der Waals surface area contributed by atoms with Gasteiger partial charge in [0.15, 0.2) is 9.84 Å². The summed E-state index contributed by atoms with van der Waals surface area (Å²) < 4.78 is 24.7. The van der Waals surface area contributed by atoms with Crippen LogP contribution in [0.25, 0.3) is 5.69 Å². The Labute approximate surface area is 107 Å². The molecular formula is C9H9BrN4O2S. The van der Waals surface area contributed by atoms with E-state index >= 15 is 0 Å². The zero-order valence-electron chi connectivity index (χ0n) is 8.83. The van der Waals surface area contributed by atoms with E-state index in [0.717, 1.165) is 6.26 Å². The van der Waals surface area contributed by atoms with Gasteiger partial charge in [0.2, 0.25) is 0 Å². The molecule has 0 aliphatic rings. The Morgan fingerprint density at radius 3 is 2.59 bits per heavy atom. The van der Waals surface area contributed by atoms with Gasteiger partial charge in [-0.2, -0.15) is 5.10 Å². The lowest BCUT2D eigenvalue weighted by molar-refractivity contribution is 0.602. The van der Waals surface area contributed by atoms with Crippen molar-refractivity contribution in [3.8, 4) is 5.69 Å². The van der Waals surface area contributed by atoms with Gasteiger partial charge < -0.3 is 5.73 Å². The maximum Gasteiger partial charge on any atom is 0.178 e.